The first-order valence-electron chi connectivity index (χ1n) is 6.97. The quantitative estimate of drug-likeness (QED) is 0.689. The molecular weight excluding hydrogens is 279 g/mol. The summed E-state index contributed by atoms with van der Waals surface area (Å²) in [6.07, 6.45) is 4.72. The molecule has 0 bridgehead atoms. The summed E-state index contributed by atoms with van der Waals surface area (Å²) in [4.78, 5) is 0. The smallest absolute Gasteiger partial charge is 0.0631 e. The van der Waals surface area contributed by atoms with Crippen LogP contribution in [-0.4, -0.2) is 17.6 Å². The van der Waals surface area contributed by atoms with Crippen LogP contribution in [0.4, 0.5) is 0 Å². The van der Waals surface area contributed by atoms with E-state index in [1.165, 1.54) is 5.56 Å². The van der Waals surface area contributed by atoms with Crippen molar-refractivity contribution < 1.29 is 4.74 Å². The molecule has 0 saturated carbocycles. The van der Waals surface area contributed by atoms with Gasteiger partial charge in [-0.3, -0.25) is 0 Å². The second-order valence-corrected chi connectivity index (χ2v) is 6.87. The zero-order valence-corrected chi connectivity index (χ0v) is 13.2. The molecule has 1 nitrogen and oxygen atoms in total. The van der Waals surface area contributed by atoms with Gasteiger partial charge in [0.1, 0.15) is 0 Å². The highest BCUT2D eigenvalue weighted by molar-refractivity contribution is 6.30. The SMILES string of the molecule is CC1(C)CCC(CC(CCl)Cc2ccc(Cl)cc2)O1. The number of rotatable bonds is 5. The van der Waals surface area contributed by atoms with E-state index in [0.29, 0.717) is 17.9 Å². The minimum atomic E-state index is 0.0435. The summed E-state index contributed by atoms with van der Waals surface area (Å²) in [5, 5.41) is 0.784. The van der Waals surface area contributed by atoms with Crippen LogP contribution in [0.3, 0.4) is 0 Å². The molecule has 0 spiro atoms. The Balaban J connectivity index is 1.88. The highest BCUT2D eigenvalue weighted by Gasteiger charge is 2.32. The molecule has 0 radical (unpaired) electrons. The summed E-state index contributed by atoms with van der Waals surface area (Å²) >= 11 is 12.0. The minimum Gasteiger partial charge on any atom is -0.372 e. The summed E-state index contributed by atoms with van der Waals surface area (Å²) < 4.78 is 6.06. The first-order chi connectivity index (χ1) is 8.98. The fourth-order valence-electron chi connectivity index (χ4n) is 2.77. The maximum absolute atomic E-state index is 6.12. The average Bonchev–Trinajstić information content (AvgIpc) is 2.70. The zero-order valence-electron chi connectivity index (χ0n) is 11.7. The first-order valence-corrected chi connectivity index (χ1v) is 7.88. The lowest BCUT2D eigenvalue weighted by atomic mass is 9.94. The van der Waals surface area contributed by atoms with E-state index >= 15 is 0 Å². The molecule has 3 heteroatoms. The molecule has 1 fully saturated rings. The van der Waals surface area contributed by atoms with E-state index in [1.807, 2.05) is 12.1 Å². The number of benzene rings is 1. The third kappa shape index (κ3) is 4.66. The van der Waals surface area contributed by atoms with Gasteiger partial charge in [0.25, 0.3) is 0 Å². The van der Waals surface area contributed by atoms with Gasteiger partial charge in [0, 0.05) is 10.9 Å². The Morgan fingerprint density at radius 2 is 2.00 bits per heavy atom. The molecule has 0 N–H and O–H groups in total. The van der Waals surface area contributed by atoms with Crippen LogP contribution in [0.1, 0.15) is 38.7 Å². The largest absolute Gasteiger partial charge is 0.372 e. The number of alkyl halides is 1. The lowest BCUT2D eigenvalue weighted by Crippen LogP contribution is -2.22. The Morgan fingerprint density at radius 3 is 2.53 bits per heavy atom. The standard InChI is InChI=1S/C16H22Cl2O/c1-16(2)8-7-15(19-16)10-13(11-17)9-12-3-5-14(18)6-4-12/h3-6,13,15H,7-11H2,1-2H3. The number of halogens is 2. The second-order valence-electron chi connectivity index (χ2n) is 6.12. The van der Waals surface area contributed by atoms with Crippen molar-refractivity contribution in [3.8, 4) is 0 Å². The van der Waals surface area contributed by atoms with E-state index < -0.39 is 0 Å². The van der Waals surface area contributed by atoms with Gasteiger partial charge in [0.05, 0.1) is 11.7 Å². The van der Waals surface area contributed by atoms with E-state index in [0.717, 1.165) is 30.7 Å². The van der Waals surface area contributed by atoms with Crippen LogP contribution in [-0.2, 0) is 11.2 Å². The maximum atomic E-state index is 6.12. The summed E-state index contributed by atoms with van der Waals surface area (Å²) in [5.41, 5.74) is 1.34. The van der Waals surface area contributed by atoms with Crippen LogP contribution in [0.2, 0.25) is 5.02 Å². The molecule has 1 aliphatic heterocycles. The van der Waals surface area contributed by atoms with Crippen molar-refractivity contribution in [2.75, 3.05) is 5.88 Å². The van der Waals surface area contributed by atoms with Gasteiger partial charge >= 0.3 is 0 Å². The summed E-state index contributed by atoms with van der Waals surface area (Å²) in [6, 6.07) is 8.05. The molecule has 2 unspecified atom stereocenters. The van der Waals surface area contributed by atoms with Crippen molar-refractivity contribution in [2.45, 2.75) is 51.2 Å². The van der Waals surface area contributed by atoms with Crippen molar-refractivity contribution in [2.24, 2.45) is 5.92 Å². The van der Waals surface area contributed by atoms with Gasteiger partial charge in [-0.2, -0.15) is 0 Å². The molecular formula is C16H22Cl2O. The predicted octanol–water partition coefficient (Wildman–Crippen LogP) is 5.09. The van der Waals surface area contributed by atoms with Crippen molar-refractivity contribution in [1.29, 1.82) is 0 Å². The monoisotopic (exact) mass is 300 g/mol. The van der Waals surface area contributed by atoms with Gasteiger partial charge in [-0.1, -0.05) is 23.7 Å². The maximum Gasteiger partial charge on any atom is 0.0631 e. The number of ether oxygens (including phenoxy) is 1. The van der Waals surface area contributed by atoms with Crippen LogP contribution < -0.4 is 0 Å². The molecule has 1 aliphatic rings. The minimum absolute atomic E-state index is 0.0435. The number of hydrogen-bond acceptors (Lipinski definition) is 1. The van der Waals surface area contributed by atoms with Gasteiger partial charge in [-0.15, -0.1) is 11.6 Å². The Labute approximate surface area is 126 Å². The fraction of sp³-hybridized carbons (Fsp3) is 0.625. The fourth-order valence-corrected chi connectivity index (χ4v) is 3.13. The molecule has 0 aromatic heterocycles. The normalized spacial score (nSPS) is 23.5. The third-order valence-corrected chi connectivity index (χ3v) is 4.49. The second kappa shape index (κ2) is 6.47. The summed E-state index contributed by atoms with van der Waals surface area (Å²) in [7, 11) is 0. The lowest BCUT2D eigenvalue weighted by Gasteiger charge is -2.22. The van der Waals surface area contributed by atoms with E-state index in [1.54, 1.807) is 0 Å². The first kappa shape index (κ1) is 15.2. The molecule has 1 heterocycles. The Morgan fingerprint density at radius 1 is 1.32 bits per heavy atom. The van der Waals surface area contributed by atoms with E-state index in [4.69, 9.17) is 27.9 Å². The highest BCUT2D eigenvalue weighted by Crippen LogP contribution is 2.33. The Kier molecular flexibility index (Phi) is 5.16. The van der Waals surface area contributed by atoms with E-state index in [-0.39, 0.29) is 5.60 Å². The summed E-state index contributed by atoms with van der Waals surface area (Å²) in [6.45, 7) is 4.34. The molecule has 1 saturated heterocycles. The summed E-state index contributed by atoms with van der Waals surface area (Å²) in [5.74, 6) is 1.16. The van der Waals surface area contributed by atoms with Crippen molar-refractivity contribution in [3.63, 3.8) is 0 Å². The average molecular weight is 301 g/mol. The van der Waals surface area contributed by atoms with Crippen LogP contribution in [0.15, 0.2) is 24.3 Å². The molecule has 106 valence electrons. The van der Waals surface area contributed by atoms with Crippen molar-refractivity contribution in [1.82, 2.24) is 0 Å². The molecule has 2 rings (SSSR count). The molecule has 1 aromatic rings. The van der Waals surface area contributed by atoms with Crippen LogP contribution in [0.25, 0.3) is 0 Å². The topological polar surface area (TPSA) is 9.23 Å². The third-order valence-electron chi connectivity index (χ3n) is 3.81. The van der Waals surface area contributed by atoms with Crippen molar-refractivity contribution in [3.05, 3.63) is 34.9 Å². The highest BCUT2D eigenvalue weighted by atomic mass is 35.5. The van der Waals surface area contributed by atoms with Crippen LogP contribution in [0.5, 0.6) is 0 Å². The van der Waals surface area contributed by atoms with Gasteiger partial charge in [-0.05, 0) is 63.1 Å². The van der Waals surface area contributed by atoms with Crippen LogP contribution in [0, 0.1) is 5.92 Å². The number of hydrogen-bond donors (Lipinski definition) is 0. The molecule has 2 atom stereocenters. The van der Waals surface area contributed by atoms with E-state index in [2.05, 4.69) is 26.0 Å². The lowest BCUT2D eigenvalue weighted by molar-refractivity contribution is -0.0234. The molecule has 19 heavy (non-hydrogen) atoms. The molecule has 0 aliphatic carbocycles. The molecule has 0 amide bonds. The van der Waals surface area contributed by atoms with Gasteiger partial charge in [0.15, 0.2) is 0 Å². The predicted molar refractivity (Wildman–Crippen MR) is 82.2 cm³/mol. The molecule has 1 aromatic carbocycles. The van der Waals surface area contributed by atoms with E-state index in [9.17, 15) is 0 Å². The van der Waals surface area contributed by atoms with Gasteiger partial charge in [0.2, 0.25) is 0 Å². The van der Waals surface area contributed by atoms with Crippen LogP contribution >= 0.6 is 23.2 Å². The van der Waals surface area contributed by atoms with Gasteiger partial charge < -0.3 is 4.74 Å². The van der Waals surface area contributed by atoms with Crippen molar-refractivity contribution >= 4 is 23.2 Å². The Bertz CT molecular complexity index is 400. The van der Waals surface area contributed by atoms with Gasteiger partial charge in [-0.25, -0.2) is 0 Å². The Hall–Kier alpha value is -0.240. The zero-order chi connectivity index (χ0) is 13.9.